The Balaban J connectivity index is 1.79. The first-order valence-corrected chi connectivity index (χ1v) is 6.92. The van der Waals surface area contributed by atoms with E-state index in [1.165, 1.54) is 0 Å². The quantitative estimate of drug-likeness (QED) is 0.854. The van der Waals surface area contributed by atoms with E-state index < -0.39 is 0 Å². The number of hydrogen-bond donors (Lipinski definition) is 2. The number of anilines is 2. The molecule has 1 aliphatic heterocycles. The van der Waals surface area contributed by atoms with Gasteiger partial charge in [0.2, 0.25) is 0 Å². The van der Waals surface area contributed by atoms with E-state index in [4.69, 9.17) is 10.5 Å². The van der Waals surface area contributed by atoms with Gasteiger partial charge >= 0.3 is 0 Å². The first-order valence-electron chi connectivity index (χ1n) is 6.12. The van der Waals surface area contributed by atoms with Gasteiger partial charge in [0.15, 0.2) is 0 Å². The SMILES string of the molecule is Nc1cccc(CNc2ncc(Br)c3c2CCO3)c1. The monoisotopic (exact) mass is 319 g/mol. The van der Waals surface area contributed by atoms with Crippen molar-refractivity contribution in [2.45, 2.75) is 13.0 Å². The number of ether oxygens (including phenoxy) is 1. The van der Waals surface area contributed by atoms with Gasteiger partial charge in [-0.2, -0.15) is 0 Å². The molecular formula is C14H14BrN3O. The molecule has 1 aliphatic rings. The molecule has 0 spiro atoms. The molecule has 0 saturated heterocycles. The van der Waals surface area contributed by atoms with Crippen LogP contribution in [0.4, 0.5) is 11.5 Å². The lowest BCUT2D eigenvalue weighted by Crippen LogP contribution is -2.04. The molecule has 1 aromatic heterocycles. The van der Waals surface area contributed by atoms with Crippen molar-refractivity contribution in [3.8, 4) is 5.75 Å². The van der Waals surface area contributed by atoms with Gasteiger partial charge in [0.05, 0.1) is 11.1 Å². The van der Waals surface area contributed by atoms with Crippen molar-refractivity contribution in [1.29, 1.82) is 0 Å². The zero-order valence-electron chi connectivity index (χ0n) is 10.3. The highest BCUT2D eigenvalue weighted by Gasteiger charge is 2.20. The second kappa shape index (κ2) is 5.09. The van der Waals surface area contributed by atoms with E-state index >= 15 is 0 Å². The van der Waals surface area contributed by atoms with Crippen molar-refractivity contribution in [1.82, 2.24) is 4.98 Å². The molecule has 3 rings (SSSR count). The summed E-state index contributed by atoms with van der Waals surface area (Å²) in [7, 11) is 0. The third kappa shape index (κ3) is 2.51. The molecule has 4 nitrogen and oxygen atoms in total. The number of fused-ring (bicyclic) bond motifs is 1. The number of nitrogen functional groups attached to an aromatic ring is 1. The number of nitrogens with two attached hydrogens (primary N) is 1. The highest BCUT2D eigenvalue weighted by molar-refractivity contribution is 9.10. The Bertz CT molecular complexity index is 616. The first-order chi connectivity index (χ1) is 9.24. The van der Waals surface area contributed by atoms with Gasteiger partial charge in [0.1, 0.15) is 11.6 Å². The van der Waals surface area contributed by atoms with Crippen LogP contribution in [0, 0.1) is 0 Å². The van der Waals surface area contributed by atoms with E-state index in [9.17, 15) is 0 Å². The van der Waals surface area contributed by atoms with E-state index in [1.54, 1.807) is 6.20 Å². The summed E-state index contributed by atoms with van der Waals surface area (Å²) >= 11 is 3.46. The van der Waals surface area contributed by atoms with Crippen LogP contribution in [0.1, 0.15) is 11.1 Å². The Labute approximate surface area is 120 Å². The summed E-state index contributed by atoms with van der Waals surface area (Å²) in [5.74, 6) is 1.79. The van der Waals surface area contributed by atoms with Crippen LogP contribution in [-0.4, -0.2) is 11.6 Å². The molecule has 0 radical (unpaired) electrons. The van der Waals surface area contributed by atoms with Crippen molar-refractivity contribution in [2.24, 2.45) is 0 Å². The molecule has 0 fully saturated rings. The third-order valence-electron chi connectivity index (χ3n) is 3.09. The highest BCUT2D eigenvalue weighted by Crippen LogP contribution is 2.36. The van der Waals surface area contributed by atoms with Gasteiger partial charge in [0, 0.05) is 30.4 Å². The zero-order chi connectivity index (χ0) is 13.2. The van der Waals surface area contributed by atoms with Gasteiger partial charge in [-0.1, -0.05) is 12.1 Å². The molecule has 1 aromatic carbocycles. The normalized spacial score (nSPS) is 12.9. The Morgan fingerprint density at radius 3 is 3.16 bits per heavy atom. The number of rotatable bonds is 3. The van der Waals surface area contributed by atoms with Crippen LogP contribution in [0.25, 0.3) is 0 Å². The van der Waals surface area contributed by atoms with Crippen LogP contribution in [0.2, 0.25) is 0 Å². The van der Waals surface area contributed by atoms with Crippen molar-refractivity contribution >= 4 is 27.4 Å². The Morgan fingerprint density at radius 2 is 2.32 bits per heavy atom. The fourth-order valence-electron chi connectivity index (χ4n) is 2.19. The van der Waals surface area contributed by atoms with Crippen molar-refractivity contribution < 1.29 is 4.74 Å². The second-order valence-corrected chi connectivity index (χ2v) is 5.31. The average molecular weight is 320 g/mol. The fourth-order valence-corrected chi connectivity index (χ4v) is 2.65. The van der Waals surface area contributed by atoms with Crippen LogP contribution in [0.3, 0.4) is 0 Å². The molecular weight excluding hydrogens is 306 g/mol. The number of aromatic nitrogens is 1. The Kier molecular flexibility index (Phi) is 3.29. The smallest absolute Gasteiger partial charge is 0.142 e. The fraction of sp³-hybridized carbons (Fsp3) is 0.214. The molecule has 19 heavy (non-hydrogen) atoms. The molecule has 2 heterocycles. The molecule has 0 atom stereocenters. The van der Waals surface area contributed by atoms with E-state index in [0.29, 0.717) is 13.2 Å². The van der Waals surface area contributed by atoms with Gasteiger partial charge in [0.25, 0.3) is 0 Å². The predicted molar refractivity (Wildman–Crippen MR) is 79.3 cm³/mol. The predicted octanol–water partition coefficient (Wildman–Crippen LogP) is 2.97. The molecule has 0 bridgehead atoms. The van der Waals surface area contributed by atoms with Crippen molar-refractivity contribution in [3.63, 3.8) is 0 Å². The third-order valence-corrected chi connectivity index (χ3v) is 3.66. The van der Waals surface area contributed by atoms with Crippen molar-refractivity contribution in [2.75, 3.05) is 17.7 Å². The highest BCUT2D eigenvalue weighted by atomic mass is 79.9. The van der Waals surface area contributed by atoms with Crippen LogP contribution < -0.4 is 15.8 Å². The summed E-state index contributed by atoms with van der Waals surface area (Å²) in [6.45, 7) is 1.42. The van der Waals surface area contributed by atoms with E-state index in [1.807, 2.05) is 24.3 Å². The maximum Gasteiger partial charge on any atom is 0.142 e. The summed E-state index contributed by atoms with van der Waals surface area (Å²) in [5.41, 5.74) is 8.82. The summed E-state index contributed by atoms with van der Waals surface area (Å²) < 4.78 is 6.51. The summed E-state index contributed by atoms with van der Waals surface area (Å²) in [6, 6.07) is 7.84. The number of nitrogens with one attached hydrogen (secondary N) is 1. The molecule has 0 saturated carbocycles. The molecule has 0 amide bonds. The topological polar surface area (TPSA) is 60.2 Å². The Morgan fingerprint density at radius 1 is 1.42 bits per heavy atom. The van der Waals surface area contributed by atoms with Crippen LogP contribution >= 0.6 is 15.9 Å². The summed E-state index contributed by atoms with van der Waals surface area (Å²) in [6.07, 6.45) is 2.66. The average Bonchev–Trinajstić information content (AvgIpc) is 2.88. The lowest BCUT2D eigenvalue weighted by molar-refractivity contribution is 0.355. The van der Waals surface area contributed by atoms with E-state index in [2.05, 4.69) is 26.2 Å². The van der Waals surface area contributed by atoms with Crippen molar-refractivity contribution in [3.05, 3.63) is 46.1 Å². The first kappa shape index (κ1) is 12.3. The molecule has 98 valence electrons. The number of nitrogens with zero attached hydrogens (tertiary/aromatic N) is 1. The second-order valence-electron chi connectivity index (χ2n) is 4.46. The Hall–Kier alpha value is -1.75. The lowest BCUT2D eigenvalue weighted by Gasteiger charge is -2.10. The zero-order valence-corrected chi connectivity index (χ0v) is 11.9. The molecule has 2 aromatic rings. The molecule has 0 unspecified atom stereocenters. The number of halogens is 1. The van der Waals surface area contributed by atoms with Gasteiger partial charge in [-0.15, -0.1) is 0 Å². The number of benzene rings is 1. The number of pyridine rings is 1. The number of hydrogen-bond acceptors (Lipinski definition) is 4. The minimum Gasteiger partial charge on any atom is -0.492 e. The minimum absolute atomic E-state index is 0.701. The van der Waals surface area contributed by atoms with Crippen LogP contribution in [0.15, 0.2) is 34.9 Å². The molecule has 0 aliphatic carbocycles. The van der Waals surface area contributed by atoms with Gasteiger partial charge in [-0.3, -0.25) is 0 Å². The van der Waals surface area contributed by atoms with Crippen LogP contribution in [0.5, 0.6) is 5.75 Å². The lowest BCUT2D eigenvalue weighted by atomic mass is 10.2. The molecule has 3 N–H and O–H groups in total. The van der Waals surface area contributed by atoms with E-state index in [-0.39, 0.29) is 0 Å². The van der Waals surface area contributed by atoms with Gasteiger partial charge in [-0.25, -0.2) is 4.98 Å². The standard InChI is InChI=1S/C14H14BrN3O/c15-12-8-18-14(11-4-5-19-13(11)12)17-7-9-2-1-3-10(16)6-9/h1-3,6,8H,4-5,7,16H2,(H,17,18). The molecule has 5 heteroatoms. The minimum atomic E-state index is 0.701. The summed E-state index contributed by atoms with van der Waals surface area (Å²) in [4.78, 5) is 4.42. The summed E-state index contributed by atoms with van der Waals surface area (Å²) in [5, 5.41) is 3.35. The maximum absolute atomic E-state index is 5.77. The van der Waals surface area contributed by atoms with Gasteiger partial charge < -0.3 is 15.8 Å². The largest absolute Gasteiger partial charge is 0.492 e. The van der Waals surface area contributed by atoms with Gasteiger partial charge in [-0.05, 0) is 33.6 Å². The van der Waals surface area contributed by atoms with E-state index in [0.717, 1.165) is 39.3 Å². The van der Waals surface area contributed by atoms with Crippen LogP contribution in [-0.2, 0) is 13.0 Å². The maximum atomic E-state index is 5.77.